The van der Waals surface area contributed by atoms with Crippen molar-refractivity contribution >= 4 is 5.96 Å². The summed E-state index contributed by atoms with van der Waals surface area (Å²) in [5.74, 6) is 0.631. The van der Waals surface area contributed by atoms with Crippen molar-refractivity contribution in [1.29, 1.82) is 0 Å². The van der Waals surface area contributed by atoms with Gasteiger partial charge in [0.15, 0.2) is 5.96 Å². The molecule has 0 amide bonds. The average Bonchev–Trinajstić information content (AvgIpc) is 2.51. The fourth-order valence-corrected chi connectivity index (χ4v) is 2.58. The number of hydrogen-bond acceptors (Lipinski definition) is 2. The maximum Gasteiger partial charge on any atom is 0.191 e. The molecule has 0 aromatic heterocycles. The molecule has 0 radical (unpaired) electrons. The maximum absolute atomic E-state index is 13.1. The summed E-state index contributed by atoms with van der Waals surface area (Å²) in [4.78, 5) is 6.64. The van der Waals surface area contributed by atoms with Crippen LogP contribution in [-0.4, -0.2) is 50.1 Å². The molecule has 130 valence electrons. The third-order valence-electron chi connectivity index (χ3n) is 4.04. The van der Waals surface area contributed by atoms with E-state index in [0.29, 0.717) is 6.04 Å². The summed E-state index contributed by atoms with van der Waals surface area (Å²) in [5.41, 5.74) is 2.15. The molecule has 0 fully saturated rings. The van der Waals surface area contributed by atoms with Gasteiger partial charge in [0.25, 0.3) is 0 Å². The molecular formula is C18H31FN4. The maximum atomic E-state index is 13.1. The molecule has 0 heterocycles. The second-order valence-electron chi connectivity index (χ2n) is 5.97. The van der Waals surface area contributed by atoms with Crippen molar-refractivity contribution in [3.05, 3.63) is 35.1 Å². The van der Waals surface area contributed by atoms with E-state index in [1.54, 1.807) is 13.1 Å². The highest BCUT2D eigenvalue weighted by Crippen LogP contribution is 2.10. The van der Waals surface area contributed by atoms with Crippen molar-refractivity contribution in [1.82, 2.24) is 15.5 Å². The molecule has 0 saturated heterocycles. The summed E-state index contributed by atoms with van der Waals surface area (Å²) in [6, 6.07) is 5.50. The Morgan fingerprint density at radius 3 is 2.52 bits per heavy atom. The van der Waals surface area contributed by atoms with Crippen molar-refractivity contribution in [2.75, 3.05) is 33.2 Å². The monoisotopic (exact) mass is 322 g/mol. The smallest absolute Gasteiger partial charge is 0.191 e. The van der Waals surface area contributed by atoms with E-state index in [1.165, 1.54) is 6.07 Å². The summed E-state index contributed by atoms with van der Waals surface area (Å²) < 4.78 is 13.1. The van der Waals surface area contributed by atoms with Crippen molar-refractivity contribution in [3.8, 4) is 0 Å². The van der Waals surface area contributed by atoms with Crippen molar-refractivity contribution in [3.63, 3.8) is 0 Å². The van der Waals surface area contributed by atoms with Crippen LogP contribution in [0.1, 0.15) is 31.9 Å². The Morgan fingerprint density at radius 2 is 1.96 bits per heavy atom. The number of likely N-dealkylation sites (N-methyl/N-ethyl adjacent to an activating group) is 1. The normalized spacial score (nSPS) is 12.1. The number of benzene rings is 1. The first-order valence-corrected chi connectivity index (χ1v) is 8.41. The van der Waals surface area contributed by atoms with E-state index in [0.717, 1.165) is 49.7 Å². The highest BCUT2D eigenvalue weighted by molar-refractivity contribution is 5.79. The Balaban J connectivity index is 2.34. The topological polar surface area (TPSA) is 39.7 Å². The van der Waals surface area contributed by atoms with Gasteiger partial charge in [-0.2, -0.15) is 0 Å². The van der Waals surface area contributed by atoms with Crippen LogP contribution >= 0.6 is 0 Å². The zero-order chi connectivity index (χ0) is 17.2. The van der Waals surface area contributed by atoms with E-state index < -0.39 is 0 Å². The van der Waals surface area contributed by atoms with Crippen LogP contribution in [-0.2, 0) is 6.42 Å². The number of nitrogens with one attached hydrogen (secondary N) is 2. The SMILES string of the molecule is CCN(CCNC(=NC)NCCc1ccc(F)cc1C)C(C)C. The van der Waals surface area contributed by atoms with Crippen LogP contribution in [0.5, 0.6) is 0 Å². The third kappa shape index (κ3) is 6.99. The van der Waals surface area contributed by atoms with Gasteiger partial charge in [0.05, 0.1) is 0 Å². The Hall–Kier alpha value is -1.62. The molecule has 0 aliphatic rings. The van der Waals surface area contributed by atoms with Gasteiger partial charge in [-0.3, -0.25) is 9.89 Å². The molecule has 0 spiro atoms. The van der Waals surface area contributed by atoms with Crippen LogP contribution in [0.3, 0.4) is 0 Å². The lowest BCUT2D eigenvalue weighted by Crippen LogP contribution is -2.43. The predicted octanol–water partition coefficient (Wildman–Crippen LogP) is 2.57. The molecular weight excluding hydrogens is 291 g/mol. The van der Waals surface area contributed by atoms with Crippen LogP contribution < -0.4 is 10.6 Å². The van der Waals surface area contributed by atoms with Gasteiger partial charge in [-0.25, -0.2) is 4.39 Å². The van der Waals surface area contributed by atoms with Gasteiger partial charge < -0.3 is 10.6 Å². The molecule has 2 N–H and O–H groups in total. The number of aryl methyl sites for hydroxylation is 1. The Kier molecular flexibility index (Phi) is 8.62. The standard InChI is InChI=1S/C18H31FN4/c1-6-23(14(2)3)12-11-22-18(20-5)21-10-9-16-7-8-17(19)13-15(16)4/h7-8,13-14H,6,9-12H2,1-5H3,(H2,20,21,22). The van der Waals surface area contributed by atoms with Gasteiger partial charge in [-0.15, -0.1) is 0 Å². The largest absolute Gasteiger partial charge is 0.356 e. The summed E-state index contributed by atoms with van der Waals surface area (Å²) >= 11 is 0. The average molecular weight is 322 g/mol. The minimum atomic E-state index is -0.178. The Bertz CT molecular complexity index is 500. The van der Waals surface area contributed by atoms with E-state index in [1.807, 2.05) is 13.0 Å². The van der Waals surface area contributed by atoms with Crippen LogP contribution in [0.2, 0.25) is 0 Å². The fourth-order valence-electron chi connectivity index (χ4n) is 2.58. The van der Waals surface area contributed by atoms with Crippen LogP contribution in [0.4, 0.5) is 4.39 Å². The molecule has 1 aromatic rings. The van der Waals surface area contributed by atoms with Gasteiger partial charge in [-0.1, -0.05) is 13.0 Å². The molecule has 1 aromatic carbocycles. The lowest BCUT2D eigenvalue weighted by molar-refractivity contribution is 0.237. The number of nitrogens with zero attached hydrogens (tertiary/aromatic N) is 2. The zero-order valence-electron chi connectivity index (χ0n) is 15.1. The lowest BCUT2D eigenvalue weighted by Gasteiger charge is -2.25. The summed E-state index contributed by atoms with van der Waals surface area (Å²) in [6.07, 6.45) is 0.847. The second-order valence-corrected chi connectivity index (χ2v) is 5.97. The molecule has 0 saturated carbocycles. The molecule has 0 atom stereocenters. The number of hydrogen-bond donors (Lipinski definition) is 2. The minimum absolute atomic E-state index is 0.178. The van der Waals surface area contributed by atoms with Gasteiger partial charge in [-0.05, 0) is 57.0 Å². The van der Waals surface area contributed by atoms with Gasteiger partial charge in [0.1, 0.15) is 5.82 Å². The Morgan fingerprint density at radius 1 is 1.26 bits per heavy atom. The highest BCUT2D eigenvalue weighted by Gasteiger charge is 2.06. The Labute approximate surface area is 140 Å². The summed E-state index contributed by atoms with van der Waals surface area (Å²) in [5, 5.41) is 6.64. The van der Waals surface area contributed by atoms with E-state index in [2.05, 4.69) is 41.3 Å². The first-order chi connectivity index (χ1) is 11.0. The molecule has 0 aliphatic carbocycles. The highest BCUT2D eigenvalue weighted by atomic mass is 19.1. The van der Waals surface area contributed by atoms with Crippen molar-refractivity contribution < 1.29 is 4.39 Å². The molecule has 23 heavy (non-hydrogen) atoms. The van der Waals surface area contributed by atoms with E-state index >= 15 is 0 Å². The number of halogens is 1. The second kappa shape index (κ2) is 10.2. The minimum Gasteiger partial charge on any atom is -0.356 e. The first-order valence-electron chi connectivity index (χ1n) is 8.41. The van der Waals surface area contributed by atoms with Crippen molar-refractivity contribution in [2.24, 2.45) is 4.99 Å². The molecule has 0 unspecified atom stereocenters. The number of aliphatic imine (C=N–C) groups is 1. The summed E-state index contributed by atoms with van der Waals surface area (Å²) in [7, 11) is 1.78. The van der Waals surface area contributed by atoms with Gasteiger partial charge in [0.2, 0.25) is 0 Å². The van der Waals surface area contributed by atoms with Gasteiger partial charge in [0, 0.05) is 32.7 Å². The van der Waals surface area contributed by atoms with Gasteiger partial charge >= 0.3 is 0 Å². The molecule has 0 bridgehead atoms. The fraction of sp³-hybridized carbons (Fsp3) is 0.611. The van der Waals surface area contributed by atoms with Crippen LogP contribution in [0.15, 0.2) is 23.2 Å². The van der Waals surface area contributed by atoms with E-state index in [-0.39, 0.29) is 5.82 Å². The molecule has 1 rings (SSSR count). The van der Waals surface area contributed by atoms with E-state index in [4.69, 9.17) is 0 Å². The van der Waals surface area contributed by atoms with Crippen molar-refractivity contribution in [2.45, 2.75) is 40.2 Å². The number of guanidine groups is 1. The van der Waals surface area contributed by atoms with Crippen LogP contribution in [0.25, 0.3) is 0 Å². The number of rotatable bonds is 8. The summed E-state index contributed by atoms with van der Waals surface area (Å²) in [6.45, 7) is 12.2. The third-order valence-corrected chi connectivity index (χ3v) is 4.04. The predicted molar refractivity (Wildman–Crippen MR) is 96.6 cm³/mol. The van der Waals surface area contributed by atoms with E-state index in [9.17, 15) is 4.39 Å². The lowest BCUT2D eigenvalue weighted by atomic mass is 10.1. The quantitative estimate of drug-likeness (QED) is 0.571. The van der Waals surface area contributed by atoms with Crippen LogP contribution in [0, 0.1) is 12.7 Å². The molecule has 4 nitrogen and oxygen atoms in total. The first kappa shape index (κ1) is 19.4. The molecule has 5 heteroatoms. The zero-order valence-corrected chi connectivity index (χ0v) is 15.1. The molecule has 0 aliphatic heterocycles.